The third-order valence-electron chi connectivity index (χ3n) is 2.18. The van der Waals surface area contributed by atoms with Crippen LogP contribution in [0.5, 0.6) is 11.5 Å². The van der Waals surface area contributed by atoms with E-state index in [1.165, 1.54) is 11.0 Å². The van der Waals surface area contributed by atoms with Crippen molar-refractivity contribution >= 4 is 24.1 Å². The molecule has 2 aromatic rings. The quantitative estimate of drug-likeness (QED) is 0.335. The highest BCUT2D eigenvalue weighted by Gasteiger charge is 2.16. The SMILES string of the molecule is O=[N+]([O-])c1cc(/C=N/n2cn[nH]c2=S)c(O)cc1O. The van der Waals surface area contributed by atoms with Gasteiger partial charge in [0.1, 0.15) is 12.1 Å². The first-order valence-corrected chi connectivity index (χ1v) is 5.26. The van der Waals surface area contributed by atoms with Gasteiger partial charge < -0.3 is 10.2 Å². The number of rotatable bonds is 3. The molecule has 0 aliphatic rings. The molecule has 1 aromatic heterocycles. The second-order valence-electron chi connectivity index (χ2n) is 3.41. The number of nitrogens with one attached hydrogen (secondary N) is 1. The first kappa shape index (κ1) is 12.7. The largest absolute Gasteiger partial charge is 0.507 e. The van der Waals surface area contributed by atoms with E-state index in [1.54, 1.807) is 0 Å². The Labute approximate surface area is 110 Å². The van der Waals surface area contributed by atoms with Crippen LogP contribution < -0.4 is 0 Å². The van der Waals surface area contributed by atoms with Crippen molar-refractivity contribution in [2.75, 3.05) is 0 Å². The number of nitro benzene ring substituents is 1. The van der Waals surface area contributed by atoms with E-state index in [2.05, 4.69) is 15.3 Å². The zero-order valence-electron chi connectivity index (χ0n) is 9.22. The molecule has 0 radical (unpaired) electrons. The van der Waals surface area contributed by atoms with Gasteiger partial charge in [-0.3, -0.25) is 15.2 Å². The number of phenolic OH excluding ortho intramolecular Hbond substituents is 2. The van der Waals surface area contributed by atoms with E-state index in [-0.39, 0.29) is 16.1 Å². The molecule has 0 aliphatic heterocycles. The van der Waals surface area contributed by atoms with E-state index in [0.717, 1.165) is 18.3 Å². The number of phenols is 2. The van der Waals surface area contributed by atoms with Crippen LogP contribution in [0.25, 0.3) is 0 Å². The Balaban J connectivity index is 2.43. The minimum Gasteiger partial charge on any atom is -0.507 e. The molecule has 0 atom stereocenters. The highest BCUT2D eigenvalue weighted by atomic mass is 32.1. The summed E-state index contributed by atoms with van der Waals surface area (Å²) in [4.78, 5) is 9.89. The molecule has 10 heteroatoms. The Bertz CT molecular complexity index is 720. The van der Waals surface area contributed by atoms with Crippen molar-refractivity contribution in [1.29, 1.82) is 0 Å². The van der Waals surface area contributed by atoms with E-state index >= 15 is 0 Å². The number of aromatic nitrogens is 3. The third-order valence-corrected chi connectivity index (χ3v) is 2.46. The van der Waals surface area contributed by atoms with E-state index in [4.69, 9.17) is 12.2 Å². The average Bonchev–Trinajstić information content (AvgIpc) is 2.73. The Morgan fingerprint density at radius 3 is 2.79 bits per heavy atom. The lowest BCUT2D eigenvalue weighted by Gasteiger charge is -2.01. The average molecular weight is 281 g/mol. The van der Waals surface area contributed by atoms with Gasteiger partial charge in [0.05, 0.1) is 11.1 Å². The molecule has 2 rings (SSSR count). The monoisotopic (exact) mass is 281 g/mol. The molecule has 0 amide bonds. The highest BCUT2D eigenvalue weighted by molar-refractivity contribution is 7.71. The van der Waals surface area contributed by atoms with E-state index in [9.17, 15) is 20.3 Å². The maximum absolute atomic E-state index is 10.7. The summed E-state index contributed by atoms with van der Waals surface area (Å²) in [6.07, 6.45) is 2.46. The van der Waals surface area contributed by atoms with Crippen LogP contribution in [0, 0.1) is 14.9 Å². The molecule has 0 aliphatic carbocycles. The lowest BCUT2D eigenvalue weighted by molar-refractivity contribution is -0.385. The maximum Gasteiger partial charge on any atom is 0.311 e. The van der Waals surface area contributed by atoms with Crippen molar-refractivity contribution < 1.29 is 15.1 Å². The number of H-pyrrole nitrogens is 1. The van der Waals surface area contributed by atoms with Gasteiger partial charge in [-0.1, -0.05) is 0 Å². The summed E-state index contributed by atoms with van der Waals surface area (Å²) >= 11 is 4.84. The van der Waals surface area contributed by atoms with Crippen molar-refractivity contribution in [2.45, 2.75) is 0 Å². The summed E-state index contributed by atoms with van der Waals surface area (Å²) in [7, 11) is 0. The van der Waals surface area contributed by atoms with Gasteiger partial charge in [-0.2, -0.15) is 14.9 Å². The van der Waals surface area contributed by atoms with Gasteiger partial charge in [0.15, 0.2) is 5.75 Å². The van der Waals surface area contributed by atoms with Crippen molar-refractivity contribution in [2.24, 2.45) is 5.10 Å². The number of nitro groups is 1. The molecule has 1 heterocycles. The Hall–Kier alpha value is -2.75. The van der Waals surface area contributed by atoms with Crippen LogP contribution in [0.1, 0.15) is 5.56 Å². The van der Waals surface area contributed by atoms with Crippen LogP contribution in [-0.2, 0) is 0 Å². The number of aromatic hydroxyl groups is 2. The molecule has 0 saturated carbocycles. The lowest BCUT2D eigenvalue weighted by atomic mass is 10.2. The van der Waals surface area contributed by atoms with Gasteiger partial charge in [0.2, 0.25) is 4.77 Å². The Morgan fingerprint density at radius 1 is 1.47 bits per heavy atom. The molecule has 98 valence electrons. The van der Waals surface area contributed by atoms with E-state index < -0.39 is 16.4 Å². The zero-order valence-corrected chi connectivity index (χ0v) is 10.0. The van der Waals surface area contributed by atoms with Crippen LogP contribution in [0.15, 0.2) is 23.6 Å². The van der Waals surface area contributed by atoms with Gasteiger partial charge in [-0.25, -0.2) is 0 Å². The Morgan fingerprint density at radius 2 is 2.21 bits per heavy atom. The number of hydrogen-bond donors (Lipinski definition) is 3. The van der Waals surface area contributed by atoms with Crippen LogP contribution in [0.2, 0.25) is 0 Å². The fourth-order valence-corrected chi connectivity index (χ4v) is 1.43. The number of nitrogens with zero attached hydrogens (tertiary/aromatic N) is 4. The molecule has 3 N–H and O–H groups in total. The summed E-state index contributed by atoms with van der Waals surface area (Å²) in [6, 6.07) is 1.87. The van der Waals surface area contributed by atoms with Crippen molar-refractivity contribution in [3.8, 4) is 11.5 Å². The van der Waals surface area contributed by atoms with Crippen LogP contribution in [-0.4, -0.2) is 36.2 Å². The second-order valence-corrected chi connectivity index (χ2v) is 3.79. The summed E-state index contributed by atoms with van der Waals surface area (Å²) in [5.74, 6) is -0.971. The van der Waals surface area contributed by atoms with Gasteiger partial charge in [0.25, 0.3) is 0 Å². The fourth-order valence-electron chi connectivity index (χ4n) is 1.28. The molecular formula is C9H7N5O4S. The molecule has 0 spiro atoms. The predicted octanol–water partition coefficient (Wildman–Crippen LogP) is 1.14. The third kappa shape index (κ3) is 2.57. The van der Waals surface area contributed by atoms with Gasteiger partial charge in [-0.15, -0.1) is 0 Å². The molecule has 1 aromatic carbocycles. The normalized spacial score (nSPS) is 10.9. The van der Waals surface area contributed by atoms with Crippen molar-refractivity contribution in [1.82, 2.24) is 14.9 Å². The smallest absolute Gasteiger partial charge is 0.311 e. The first-order valence-electron chi connectivity index (χ1n) is 4.86. The van der Waals surface area contributed by atoms with E-state index in [1.807, 2.05) is 0 Å². The predicted molar refractivity (Wildman–Crippen MR) is 66.8 cm³/mol. The van der Waals surface area contributed by atoms with Gasteiger partial charge >= 0.3 is 5.69 Å². The minimum atomic E-state index is -0.768. The molecule has 0 unspecified atom stereocenters. The number of benzene rings is 1. The van der Waals surface area contributed by atoms with Crippen molar-refractivity contribution in [3.63, 3.8) is 0 Å². The van der Waals surface area contributed by atoms with Crippen LogP contribution in [0.3, 0.4) is 0 Å². The lowest BCUT2D eigenvalue weighted by Crippen LogP contribution is -1.93. The summed E-state index contributed by atoms with van der Waals surface area (Å²) in [5, 5.41) is 39.5. The van der Waals surface area contributed by atoms with Crippen molar-refractivity contribution in [3.05, 3.63) is 38.9 Å². The van der Waals surface area contributed by atoms with Crippen LogP contribution in [0.4, 0.5) is 5.69 Å². The van der Waals surface area contributed by atoms with Crippen LogP contribution >= 0.6 is 12.2 Å². The topological polar surface area (TPSA) is 130 Å². The molecular weight excluding hydrogens is 274 g/mol. The fraction of sp³-hybridized carbons (Fsp3) is 0. The Kier molecular flexibility index (Phi) is 3.25. The first-order chi connectivity index (χ1) is 8.99. The summed E-state index contributed by atoms with van der Waals surface area (Å²) < 4.78 is 1.43. The molecule has 9 nitrogen and oxygen atoms in total. The molecule has 0 bridgehead atoms. The van der Waals surface area contributed by atoms with Gasteiger partial charge in [0, 0.05) is 17.7 Å². The number of aromatic amines is 1. The van der Waals surface area contributed by atoms with Gasteiger partial charge in [-0.05, 0) is 12.2 Å². The summed E-state index contributed by atoms with van der Waals surface area (Å²) in [5.41, 5.74) is -0.470. The molecule has 19 heavy (non-hydrogen) atoms. The standard InChI is InChI=1S/C9H7N5O4S/c15-7-2-8(16)6(14(17)18)1-5(7)3-11-13-4-10-12-9(13)19/h1-4,15-16H,(H,12,19)/b11-3+. The number of hydrogen-bond acceptors (Lipinski definition) is 7. The molecule has 0 saturated heterocycles. The maximum atomic E-state index is 10.7. The minimum absolute atomic E-state index is 0.0626. The van der Waals surface area contributed by atoms with E-state index in [0.29, 0.717) is 0 Å². The molecule has 0 fully saturated rings. The second kappa shape index (κ2) is 4.86. The summed E-state index contributed by atoms with van der Waals surface area (Å²) in [6.45, 7) is 0. The zero-order chi connectivity index (χ0) is 14.0. The highest BCUT2D eigenvalue weighted by Crippen LogP contribution is 2.31.